The molecule has 0 bridgehead atoms. The van der Waals surface area contributed by atoms with Crippen LogP contribution < -0.4 is 5.73 Å². The highest BCUT2D eigenvalue weighted by Gasteiger charge is 2.20. The van der Waals surface area contributed by atoms with Crippen molar-refractivity contribution in [3.63, 3.8) is 0 Å². The quantitative estimate of drug-likeness (QED) is 0.769. The average Bonchev–Trinajstić information content (AvgIpc) is 2.62. The fourth-order valence-corrected chi connectivity index (χ4v) is 2.02. The Morgan fingerprint density at radius 1 is 1.75 bits per heavy atom. The van der Waals surface area contributed by atoms with E-state index in [9.17, 15) is 4.79 Å². The van der Waals surface area contributed by atoms with E-state index in [1.54, 1.807) is 6.92 Å². The van der Waals surface area contributed by atoms with Crippen LogP contribution in [0.25, 0.3) is 0 Å². The SMILES string of the molecule is CCOC(=O)Cc1cn2c(n1)C(N)CCC2. The molecule has 0 radical (unpaired) electrons. The predicted octanol–water partition coefficient (Wildman–Crippen LogP) is 0.782. The molecule has 2 heterocycles. The fraction of sp³-hybridized carbons (Fsp3) is 0.636. The average molecular weight is 223 g/mol. The van der Waals surface area contributed by atoms with Gasteiger partial charge in [-0.25, -0.2) is 4.98 Å². The molecule has 5 heteroatoms. The molecule has 1 atom stereocenters. The first-order valence-corrected chi connectivity index (χ1v) is 5.68. The van der Waals surface area contributed by atoms with Crippen molar-refractivity contribution in [3.8, 4) is 0 Å². The van der Waals surface area contributed by atoms with E-state index in [4.69, 9.17) is 10.5 Å². The zero-order chi connectivity index (χ0) is 11.5. The third-order valence-corrected chi connectivity index (χ3v) is 2.73. The standard InChI is InChI=1S/C11H17N3O2/c1-2-16-10(15)6-8-7-14-5-3-4-9(12)11(14)13-8/h7,9H,2-6,12H2,1H3. The lowest BCUT2D eigenvalue weighted by atomic mass is 10.1. The Kier molecular flexibility index (Phi) is 3.24. The van der Waals surface area contributed by atoms with Gasteiger partial charge in [-0.3, -0.25) is 4.79 Å². The van der Waals surface area contributed by atoms with E-state index >= 15 is 0 Å². The van der Waals surface area contributed by atoms with Crippen LogP contribution >= 0.6 is 0 Å². The number of hydrogen-bond acceptors (Lipinski definition) is 4. The summed E-state index contributed by atoms with van der Waals surface area (Å²) in [6.07, 6.45) is 4.19. The zero-order valence-electron chi connectivity index (χ0n) is 9.48. The molecule has 1 aliphatic rings. The predicted molar refractivity (Wildman–Crippen MR) is 58.7 cm³/mol. The number of rotatable bonds is 3. The first kappa shape index (κ1) is 11.1. The molecule has 1 aromatic rings. The zero-order valence-corrected chi connectivity index (χ0v) is 9.48. The first-order valence-electron chi connectivity index (χ1n) is 5.68. The van der Waals surface area contributed by atoms with Crippen molar-refractivity contribution in [3.05, 3.63) is 17.7 Å². The van der Waals surface area contributed by atoms with Crippen LogP contribution in [-0.4, -0.2) is 22.1 Å². The van der Waals surface area contributed by atoms with Crippen LogP contribution in [0.5, 0.6) is 0 Å². The van der Waals surface area contributed by atoms with Gasteiger partial charge in [-0.1, -0.05) is 0 Å². The van der Waals surface area contributed by atoms with Gasteiger partial charge >= 0.3 is 5.97 Å². The number of fused-ring (bicyclic) bond motifs is 1. The van der Waals surface area contributed by atoms with E-state index in [1.165, 1.54) is 0 Å². The molecule has 2 N–H and O–H groups in total. The van der Waals surface area contributed by atoms with Crippen LogP contribution in [0, 0.1) is 0 Å². The smallest absolute Gasteiger partial charge is 0.311 e. The van der Waals surface area contributed by atoms with Crippen LogP contribution in [0.15, 0.2) is 6.20 Å². The van der Waals surface area contributed by atoms with Crippen molar-refractivity contribution < 1.29 is 9.53 Å². The highest BCUT2D eigenvalue weighted by atomic mass is 16.5. The Balaban J connectivity index is 2.09. The molecule has 0 saturated heterocycles. The molecule has 0 amide bonds. The molecular weight excluding hydrogens is 206 g/mol. The topological polar surface area (TPSA) is 70.1 Å². The van der Waals surface area contributed by atoms with E-state index in [-0.39, 0.29) is 18.4 Å². The summed E-state index contributed by atoms with van der Waals surface area (Å²) in [6, 6.07) is 0.00435. The third-order valence-electron chi connectivity index (χ3n) is 2.73. The van der Waals surface area contributed by atoms with E-state index in [2.05, 4.69) is 4.98 Å². The van der Waals surface area contributed by atoms with Gasteiger partial charge in [-0.05, 0) is 19.8 Å². The van der Waals surface area contributed by atoms with Gasteiger partial charge in [0.1, 0.15) is 5.82 Å². The van der Waals surface area contributed by atoms with E-state index in [0.29, 0.717) is 6.61 Å². The van der Waals surface area contributed by atoms with Crippen molar-refractivity contribution in [1.29, 1.82) is 0 Å². The molecule has 5 nitrogen and oxygen atoms in total. The van der Waals surface area contributed by atoms with Crippen LogP contribution in [-0.2, 0) is 22.5 Å². The molecule has 1 aromatic heterocycles. The van der Waals surface area contributed by atoms with Gasteiger partial charge < -0.3 is 15.0 Å². The number of aryl methyl sites for hydroxylation is 1. The largest absolute Gasteiger partial charge is 0.466 e. The van der Waals surface area contributed by atoms with Gasteiger partial charge in [0.05, 0.1) is 24.8 Å². The lowest BCUT2D eigenvalue weighted by Gasteiger charge is -2.19. The summed E-state index contributed by atoms with van der Waals surface area (Å²) in [5.41, 5.74) is 6.71. The Bertz CT molecular complexity index is 387. The van der Waals surface area contributed by atoms with Crippen molar-refractivity contribution in [2.45, 2.75) is 38.8 Å². The van der Waals surface area contributed by atoms with Gasteiger partial charge in [0.25, 0.3) is 0 Å². The second-order valence-electron chi connectivity index (χ2n) is 4.01. The Morgan fingerprint density at radius 3 is 3.25 bits per heavy atom. The van der Waals surface area contributed by atoms with Gasteiger partial charge in [0.2, 0.25) is 0 Å². The maximum atomic E-state index is 11.3. The summed E-state index contributed by atoms with van der Waals surface area (Å²) >= 11 is 0. The Morgan fingerprint density at radius 2 is 2.56 bits per heavy atom. The van der Waals surface area contributed by atoms with Gasteiger partial charge in [-0.15, -0.1) is 0 Å². The van der Waals surface area contributed by atoms with Crippen molar-refractivity contribution in [1.82, 2.24) is 9.55 Å². The van der Waals surface area contributed by atoms with E-state index in [1.807, 2.05) is 10.8 Å². The summed E-state index contributed by atoms with van der Waals surface area (Å²) in [7, 11) is 0. The highest BCUT2D eigenvalue weighted by Crippen LogP contribution is 2.22. The van der Waals surface area contributed by atoms with Crippen molar-refractivity contribution >= 4 is 5.97 Å². The summed E-state index contributed by atoms with van der Waals surface area (Å²) < 4.78 is 6.93. The normalized spacial score (nSPS) is 19.2. The molecule has 0 aromatic carbocycles. The second kappa shape index (κ2) is 4.65. The third kappa shape index (κ3) is 2.24. The van der Waals surface area contributed by atoms with Crippen molar-refractivity contribution in [2.75, 3.05) is 6.61 Å². The fourth-order valence-electron chi connectivity index (χ4n) is 2.02. The molecular formula is C11H17N3O2. The lowest BCUT2D eigenvalue weighted by molar-refractivity contribution is -0.142. The number of aromatic nitrogens is 2. The Labute approximate surface area is 94.6 Å². The van der Waals surface area contributed by atoms with Crippen LogP contribution in [0.2, 0.25) is 0 Å². The first-order chi connectivity index (χ1) is 7.70. The number of carbonyl (C=O) groups is 1. The number of carbonyl (C=O) groups excluding carboxylic acids is 1. The maximum Gasteiger partial charge on any atom is 0.311 e. The lowest BCUT2D eigenvalue weighted by Crippen LogP contribution is -2.21. The summed E-state index contributed by atoms with van der Waals surface area (Å²) in [5.74, 6) is 0.664. The van der Waals surface area contributed by atoms with E-state index < -0.39 is 0 Å². The van der Waals surface area contributed by atoms with Crippen LogP contribution in [0.4, 0.5) is 0 Å². The summed E-state index contributed by atoms with van der Waals surface area (Å²) in [5, 5.41) is 0. The summed E-state index contributed by atoms with van der Waals surface area (Å²) in [4.78, 5) is 15.7. The minimum atomic E-state index is -0.230. The molecule has 0 fully saturated rings. The number of hydrogen-bond donors (Lipinski definition) is 1. The minimum absolute atomic E-state index is 0.00435. The molecule has 1 aliphatic heterocycles. The van der Waals surface area contributed by atoms with E-state index in [0.717, 1.165) is 30.9 Å². The van der Waals surface area contributed by atoms with Gasteiger partial charge in [0, 0.05) is 12.7 Å². The molecule has 0 saturated carbocycles. The van der Waals surface area contributed by atoms with Gasteiger partial charge in [-0.2, -0.15) is 0 Å². The minimum Gasteiger partial charge on any atom is -0.466 e. The molecule has 88 valence electrons. The van der Waals surface area contributed by atoms with Crippen molar-refractivity contribution in [2.24, 2.45) is 5.73 Å². The molecule has 0 aliphatic carbocycles. The maximum absolute atomic E-state index is 11.3. The molecule has 16 heavy (non-hydrogen) atoms. The van der Waals surface area contributed by atoms with Gasteiger partial charge in [0.15, 0.2) is 0 Å². The number of nitrogens with two attached hydrogens (primary N) is 1. The Hall–Kier alpha value is -1.36. The second-order valence-corrected chi connectivity index (χ2v) is 4.01. The number of ether oxygens (including phenoxy) is 1. The molecule has 1 unspecified atom stereocenters. The number of imidazole rings is 1. The monoisotopic (exact) mass is 223 g/mol. The highest BCUT2D eigenvalue weighted by molar-refractivity contribution is 5.71. The molecule has 0 spiro atoms. The van der Waals surface area contributed by atoms with Crippen LogP contribution in [0.1, 0.15) is 37.3 Å². The van der Waals surface area contributed by atoms with Crippen LogP contribution in [0.3, 0.4) is 0 Å². The molecule has 2 rings (SSSR count). The number of esters is 1. The number of nitrogens with zero attached hydrogens (tertiary/aromatic N) is 2. The summed E-state index contributed by atoms with van der Waals surface area (Å²) in [6.45, 7) is 3.15.